The summed E-state index contributed by atoms with van der Waals surface area (Å²) in [4.78, 5) is 13.0. The van der Waals surface area contributed by atoms with Crippen LogP contribution in [0, 0.1) is 0 Å². The van der Waals surface area contributed by atoms with Crippen molar-refractivity contribution in [1.29, 1.82) is 0 Å². The van der Waals surface area contributed by atoms with Gasteiger partial charge in [0.2, 0.25) is 0 Å². The van der Waals surface area contributed by atoms with Crippen molar-refractivity contribution in [3.8, 4) is 0 Å². The number of amides is 1. The number of hydrogen-bond acceptors (Lipinski definition) is 4. The van der Waals surface area contributed by atoms with Gasteiger partial charge in [-0.05, 0) is 20.8 Å². The summed E-state index contributed by atoms with van der Waals surface area (Å²) in [6.45, 7) is 5.87. The molecular formula is C9H16N4O2. The molecule has 6 nitrogen and oxygen atoms in total. The highest BCUT2D eigenvalue weighted by Crippen LogP contribution is 2.10. The van der Waals surface area contributed by atoms with Crippen molar-refractivity contribution in [2.24, 2.45) is 0 Å². The molecule has 0 aliphatic carbocycles. The molecule has 1 heterocycles. The molecule has 1 aromatic rings. The van der Waals surface area contributed by atoms with E-state index in [1.165, 1.54) is 4.90 Å². The highest BCUT2D eigenvalue weighted by molar-refractivity contribution is 5.67. The number of hydrogen-bond donors (Lipinski definition) is 1. The summed E-state index contributed by atoms with van der Waals surface area (Å²) < 4.78 is 5.18. The molecule has 0 aliphatic rings. The van der Waals surface area contributed by atoms with E-state index in [1.54, 1.807) is 13.2 Å². The van der Waals surface area contributed by atoms with Gasteiger partial charge in [-0.15, -0.1) is 0 Å². The second-order valence-electron chi connectivity index (χ2n) is 4.30. The van der Waals surface area contributed by atoms with E-state index < -0.39 is 5.60 Å². The fourth-order valence-electron chi connectivity index (χ4n) is 0.949. The molecule has 1 aromatic heterocycles. The second kappa shape index (κ2) is 4.29. The Morgan fingerprint density at radius 1 is 1.60 bits per heavy atom. The minimum absolute atomic E-state index is 0.370. The zero-order valence-corrected chi connectivity index (χ0v) is 9.44. The van der Waals surface area contributed by atoms with E-state index in [-0.39, 0.29) is 6.09 Å². The predicted octanol–water partition coefficient (Wildman–Crippen LogP) is 1.17. The van der Waals surface area contributed by atoms with Gasteiger partial charge in [0.25, 0.3) is 0 Å². The molecule has 1 rings (SSSR count). The maximum Gasteiger partial charge on any atom is 0.410 e. The molecule has 0 aromatic carbocycles. The van der Waals surface area contributed by atoms with E-state index in [0.717, 1.165) is 0 Å². The lowest BCUT2D eigenvalue weighted by Gasteiger charge is -2.24. The lowest BCUT2D eigenvalue weighted by atomic mass is 10.2. The first kappa shape index (κ1) is 11.5. The Balaban J connectivity index is 2.47. The summed E-state index contributed by atoms with van der Waals surface area (Å²) in [5.74, 6) is 0. The van der Waals surface area contributed by atoms with E-state index in [9.17, 15) is 4.79 Å². The molecule has 0 saturated carbocycles. The third kappa shape index (κ3) is 3.97. The summed E-state index contributed by atoms with van der Waals surface area (Å²) in [5.41, 5.74) is 0.221. The zero-order valence-electron chi connectivity index (χ0n) is 9.44. The summed E-state index contributed by atoms with van der Waals surface area (Å²) in [7, 11) is 1.66. The molecule has 0 radical (unpaired) electrons. The van der Waals surface area contributed by atoms with Crippen LogP contribution in [0.25, 0.3) is 0 Å². The van der Waals surface area contributed by atoms with Gasteiger partial charge in [-0.1, -0.05) is 0 Å². The topological polar surface area (TPSA) is 71.1 Å². The van der Waals surface area contributed by atoms with Gasteiger partial charge in [0.05, 0.1) is 12.7 Å². The van der Waals surface area contributed by atoms with E-state index in [4.69, 9.17) is 4.74 Å². The molecule has 0 bridgehead atoms. The zero-order chi connectivity index (χ0) is 11.5. The highest BCUT2D eigenvalue weighted by atomic mass is 16.6. The van der Waals surface area contributed by atoms with Crippen LogP contribution in [-0.4, -0.2) is 39.1 Å². The molecule has 0 aliphatic heterocycles. The molecular weight excluding hydrogens is 196 g/mol. The first-order valence-electron chi connectivity index (χ1n) is 4.67. The second-order valence-corrected chi connectivity index (χ2v) is 4.30. The van der Waals surface area contributed by atoms with Gasteiger partial charge in [0, 0.05) is 7.05 Å². The number of carbonyl (C=O) groups is 1. The molecule has 84 valence electrons. The van der Waals surface area contributed by atoms with Gasteiger partial charge >= 0.3 is 6.09 Å². The van der Waals surface area contributed by atoms with Crippen molar-refractivity contribution >= 4 is 6.09 Å². The van der Waals surface area contributed by atoms with Crippen LogP contribution in [0.3, 0.4) is 0 Å². The van der Waals surface area contributed by atoms with Gasteiger partial charge in [-0.25, -0.2) is 4.79 Å². The van der Waals surface area contributed by atoms with E-state index in [1.807, 2.05) is 20.8 Å². The van der Waals surface area contributed by atoms with Crippen LogP contribution in [0.1, 0.15) is 26.5 Å². The third-order valence-electron chi connectivity index (χ3n) is 1.57. The van der Waals surface area contributed by atoms with Crippen LogP contribution < -0.4 is 0 Å². The summed E-state index contributed by atoms with van der Waals surface area (Å²) in [5, 5.41) is 9.99. The first-order chi connectivity index (χ1) is 6.88. The standard InChI is InChI=1S/C9H16N4O2/c1-9(2,3)15-8(14)13(4)6-7-5-10-12-11-7/h5H,6H2,1-4H3,(H,10,11,12). The van der Waals surface area contributed by atoms with Crippen molar-refractivity contribution in [3.63, 3.8) is 0 Å². The SMILES string of the molecule is CN(Cc1cn[nH]n1)C(=O)OC(C)(C)C. The van der Waals surface area contributed by atoms with Gasteiger partial charge < -0.3 is 9.64 Å². The highest BCUT2D eigenvalue weighted by Gasteiger charge is 2.19. The number of ether oxygens (including phenoxy) is 1. The molecule has 0 saturated heterocycles. The Bertz CT molecular complexity index is 315. The van der Waals surface area contributed by atoms with Crippen molar-refractivity contribution < 1.29 is 9.53 Å². The number of aromatic nitrogens is 3. The number of H-pyrrole nitrogens is 1. The monoisotopic (exact) mass is 212 g/mol. The Hall–Kier alpha value is -1.59. The molecule has 0 atom stereocenters. The number of nitrogens with one attached hydrogen (secondary N) is 1. The number of rotatable bonds is 2. The average Bonchev–Trinajstić information content (AvgIpc) is 2.53. The average molecular weight is 212 g/mol. The molecule has 0 fully saturated rings. The normalized spacial score (nSPS) is 11.2. The van der Waals surface area contributed by atoms with Crippen LogP contribution >= 0.6 is 0 Å². The quantitative estimate of drug-likeness (QED) is 0.798. The smallest absolute Gasteiger partial charge is 0.410 e. The summed E-state index contributed by atoms with van der Waals surface area (Å²) >= 11 is 0. The number of aromatic amines is 1. The molecule has 15 heavy (non-hydrogen) atoms. The molecule has 1 amide bonds. The summed E-state index contributed by atoms with van der Waals surface area (Å²) in [6, 6.07) is 0. The fourth-order valence-corrected chi connectivity index (χ4v) is 0.949. The van der Waals surface area contributed by atoms with Crippen molar-refractivity contribution in [2.75, 3.05) is 7.05 Å². The van der Waals surface area contributed by atoms with Crippen LogP contribution in [0.2, 0.25) is 0 Å². The maximum absolute atomic E-state index is 11.5. The Kier molecular flexibility index (Phi) is 3.28. The van der Waals surface area contributed by atoms with Gasteiger partial charge in [-0.2, -0.15) is 15.4 Å². The number of carbonyl (C=O) groups excluding carboxylic acids is 1. The number of nitrogens with zero attached hydrogens (tertiary/aromatic N) is 3. The first-order valence-corrected chi connectivity index (χ1v) is 4.67. The molecule has 6 heteroatoms. The van der Waals surface area contributed by atoms with E-state index in [2.05, 4.69) is 15.4 Å². The summed E-state index contributed by atoms with van der Waals surface area (Å²) in [6.07, 6.45) is 1.20. The van der Waals surface area contributed by atoms with Gasteiger partial charge in [-0.3, -0.25) is 0 Å². The largest absolute Gasteiger partial charge is 0.444 e. The van der Waals surface area contributed by atoms with Crippen molar-refractivity contribution in [2.45, 2.75) is 32.9 Å². The Labute approximate surface area is 88.6 Å². The van der Waals surface area contributed by atoms with E-state index >= 15 is 0 Å². The van der Waals surface area contributed by atoms with Gasteiger partial charge in [0.15, 0.2) is 0 Å². The molecule has 0 unspecified atom stereocenters. The van der Waals surface area contributed by atoms with Crippen molar-refractivity contribution in [3.05, 3.63) is 11.9 Å². The minimum Gasteiger partial charge on any atom is -0.444 e. The molecule has 0 spiro atoms. The van der Waals surface area contributed by atoms with E-state index in [0.29, 0.717) is 12.2 Å². The Morgan fingerprint density at radius 3 is 2.73 bits per heavy atom. The van der Waals surface area contributed by atoms with Crippen molar-refractivity contribution in [1.82, 2.24) is 20.3 Å². The third-order valence-corrected chi connectivity index (χ3v) is 1.57. The maximum atomic E-state index is 11.5. The minimum atomic E-state index is -0.477. The predicted molar refractivity (Wildman–Crippen MR) is 54.1 cm³/mol. The lowest BCUT2D eigenvalue weighted by Crippen LogP contribution is -2.33. The van der Waals surface area contributed by atoms with Crippen LogP contribution in [0.5, 0.6) is 0 Å². The lowest BCUT2D eigenvalue weighted by molar-refractivity contribution is 0.0283. The van der Waals surface area contributed by atoms with Crippen LogP contribution in [0.15, 0.2) is 6.20 Å². The Morgan fingerprint density at radius 2 is 2.27 bits per heavy atom. The van der Waals surface area contributed by atoms with Crippen LogP contribution in [-0.2, 0) is 11.3 Å². The molecule has 1 N–H and O–H groups in total. The van der Waals surface area contributed by atoms with Crippen LogP contribution in [0.4, 0.5) is 4.79 Å². The van der Waals surface area contributed by atoms with Gasteiger partial charge in [0.1, 0.15) is 11.3 Å². The fraction of sp³-hybridized carbons (Fsp3) is 0.667.